The second-order valence-electron chi connectivity index (χ2n) is 5.85. The van der Waals surface area contributed by atoms with Gasteiger partial charge in [0.05, 0.1) is 26.2 Å². The highest BCUT2D eigenvalue weighted by Gasteiger charge is 2.27. The zero-order chi connectivity index (χ0) is 19.6. The van der Waals surface area contributed by atoms with Gasteiger partial charge in [0, 0.05) is 12.1 Å². The van der Waals surface area contributed by atoms with Crippen LogP contribution < -0.4 is 10.3 Å². The average Bonchev–Trinajstić information content (AvgIpc) is 2.67. The van der Waals surface area contributed by atoms with Crippen molar-refractivity contribution in [1.29, 1.82) is 0 Å². The fraction of sp³-hybridized carbons (Fsp3) is 0.211. The number of rotatable bonds is 5. The molecule has 0 saturated heterocycles. The van der Waals surface area contributed by atoms with Crippen molar-refractivity contribution in [2.75, 3.05) is 14.2 Å². The number of carbonyl (C=O) groups is 1. The Morgan fingerprint density at radius 1 is 1.22 bits per heavy atom. The Bertz CT molecular complexity index is 1060. The van der Waals surface area contributed by atoms with Gasteiger partial charge in [-0.05, 0) is 29.8 Å². The topological polar surface area (TPSA) is 110 Å². The Balaban J connectivity index is 2.23. The molecule has 0 spiro atoms. The van der Waals surface area contributed by atoms with Crippen LogP contribution in [0.2, 0.25) is 0 Å². The van der Waals surface area contributed by atoms with Crippen LogP contribution in [-0.2, 0) is 9.53 Å². The van der Waals surface area contributed by atoms with E-state index in [0.29, 0.717) is 5.56 Å². The van der Waals surface area contributed by atoms with E-state index in [4.69, 9.17) is 9.47 Å². The monoisotopic (exact) mass is 370 g/mol. The van der Waals surface area contributed by atoms with Crippen LogP contribution in [0.1, 0.15) is 23.5 Å². The second kappa shape index (κ2) is 7.36. The van der Waals surface area contributed by atoms with Crippen molar-refractivity contribution in [3.05, 3.63) is 64.1 Å². The number of benzene rings is 1. The molecule has 0 aliphatic carbocycles. The highest BCUT2D eigenvalue weighted by atomic mass is 16.5. The molecule has 3 rings (SSSR count). The minimum Gasteiger partial charge on any atom is -0.504 e. The lowest BCUT2D eigenvalue weighted by atomic mass is 9.89. The zero-order valence-corrected chi connectivity index (χ0v) is 14.7. The maximum absolute atomic E-state index is 13.0. The summed E-state index contributed by atoms with van der Waals surface area (Å²) in [5.41, 5.74) is 0.137. The number of aromatic nitrogens is 2. The van der Waals surface area contributed by atoms with Crippen LogP contribution in [0.25, 0.3) is 5.65 Å². The van der Waals surface area contributed by atoms with Crippen molar-refractivity contribution < 1.29 is 24.5 Å². The average molecular weight is 370 g/mol. The summed E-state index contributed by atoms with van der Waals surface area (Å²) in [4.78, 5) is 29.0. The molecular formula is C19H18N2O6. The van der Waals surface area contributed by atoms with E-state index in [0.717, 1.165) is 0 Å². The quantitative estimate of drug-likeness (QED) is 0.659. The number of nitrogens with zero attached hydrogens (tertiary/aromatic N) is 2. The summed E-state index contributed by atoms with van der Waals surface area (Å²) >= 11 is 0. The molecule has 0 amide bonds. The first-order valence-corrected chi connectivity index (χ1v) is 8.10. The van der Waals surface area contributed by atoms with Crippen LogP contribution in [0.4, 0.5) is 0 Å². The van der Waals surface area contributed by atoms with Crippen LogP contribution in [0.3, 0.4) is 0 Å². The van der Waals surface area contributed by atoms with Gasteiger partial charge in [0.15, 0.2) is 11.5 Å². The van der Waals surface area contributed by atoms with Gasteiger partial charge < -0.3 is 19.7 Å². The van der Waals surface area contributed by atoms with Crippen molar-refractivity contribution in [2.45, 2.75) is 12.3 Å². The Morgan fingerprint density at radius 2 is 2.00 bits per heavy atom. The highest BCUT2D eigenvalue weighted by Crippen LogP contribution is 2.35. The largest absolute Gasteiger partial charge is 0.504 e. The fourth-order valence-corrected chi connectivity index (χ4v) is 2.96. The SMILES string of the molecule is COC(=O)C[C@@H](c1ccc(OC)c(O)c1)c1c(O)nc2ccccn2c1=O. The Labute approximate surface area is 154 Å². The summed E-state index contributed by atoms with van der Waals surface area (Å²) in [5.74, 6) is -1.83. The van der Waals surface area contributed by atoms with Crippen molar-refractivity contribution in [1.82, 2.24) is 9.38 Å². The Morgan fingerprint density at radius 3 is 2.67 bits per heavy atom. The van der Waals surface area contributed by atoms with Gasteiger partial charge in [0.25, 0.3) is 5.56 Å². The summed E-state index contributed by atoms with van der Waals surface area (Å²) in [6, 6.07) is 9.42. The number of hydrogen-bond acceptors (Lipinski definition) is 7. The van der Waals surface area contributed by atoms with Gasteiger partial charge in [-0.25, -0.2) is 0 Å². The first kappa shape index (κ1) is 18.2. The minimum atomic E-state index is -0.869. The molecule has 3 aromatic rings. The number of carbonyl (C=O) groups excluding carboxylic acids is 1. The number of fused-ring (bicyclic) bond motifs is 1. The van der Waals surface area contributed by atoms with Gasteiger partial charge in [0.2, 0.25) is 5.88 Å². The number of hydrogen-bond donors (Lipinski definition) is 2. The van der Waals surface area contributed by atoms with Crippen molar-refractivity contribution in [2.24, 2.45) is 0 Å². The molecule has 1 atom stereocenters. The Kier molecular flexibility index (Phi) is 4.98. The molecule has 0 saturated carbocycles. The van der Waals surface area contributed by atoms with Crippen molar-refractivity contribution in [3.63, 3.8) is 0 Å². The maximum atomic E-state index is 13.0. The zero-order valence-electron chi connectivity index (χ0n) is 14.7. The van der Waals surface area contributed by atoms with E-state index in [2.05, 4.69) is 4.98 Å². The van der Waals surface area contributed by atoms with E-state index >= 15 is 0 Å². The summed E-state index contributed by atoms with van der Waals surface area (Å²) in [7, 11) is 2.64. The van der Waals surface area contributed by atoms with Crippen LogP contribution in [-0.4, -0.2) is 39.8 Å². The molecule has 0 radical (unpaired) electrons. The summed E-state index contributed by atoms with van der Waals surface area (Å²) < 4.78 is 11.0. The smallest absolute Gasteiger partial charge is 0.306 e. The first-order chi connectivity index (χ1) is 13.0. The molecule has 8 heteroatoms. The Hall–Kier alpha value is -3.55. The third kappa shape index (κ3) is 3.41. The van der Waals surface area contributed by atoms with E-state index < -0.39 is 23.3 Å². The fourth-order valence-electron chi connectivity index (χ4n) is 2.96. The minimum absolute atomic E-state index is 0.0614. The summed E-state index contributed by atoms with van der Waals surface area (Å²) in [6.07, 6.45) is 1.31. The van der Waals surface area contributed by atoms with Crippen molar-refractivity contribution >= 4 is 11.6 Å². The van der Waals surface area contributed by atoms with E-state index in [1.807, 2.05) is 0 Å². The number of phenols is 1. The standard InChI is InChI=1S/C19H18N2O6/c1-26-14-7-6-11(9-13(14)22)12(10-16(23)27-2)17-18(24)20-15-5-3-4-8-21(15)19(17)25/h3-9,12,22,24H,10H2,1-2H3/t12-/m0/s1. The normalized spacial score (nSPS) is 11.9. The van der Waals surface area contributed by atoms with Crippen LogP contribution in [0.5, 0.6) is 17.4 Å². The molecule has 2 heterocycles. The van der Waals surface area contributed by atoms with Crippen LogP contribution in [0, 0.1) is 0 Å². The number of pyridine rings is 1. The highest BCUT2D eigenvalue weighted by molar-refractivity contribution is 5.71. The van der Waals surface area contributed by atoms with Gasteiger partial charge in [0.1, 0.15) is 5.65 Å². The molecule has 0 bridgehead atoms. The molecule has 8 nitrogen and oxygen atoms in total. The molecule has 2 N–H and O–H groups in total. The molecule has 0 unspecified atom stereocenters. The first-order valence-electron chi connectivity index (χ1n) is 8.10. The van der Waals surface area contributed by atoms with Crippen molar-refractivity contribution in [3.8, 4) is 17.4 Å². The molecule has 1 aromatic carbocycles. The third-order valence-electron chi connectivity index (χ3n) is 4.30. The van der Waals surface area contributed by atoms with E-state index in [1.54, 1.807) is 24.3 Å². The number of esters is 1. The number of ether oxygens (including phenoxy) is 2. The molecule has 2 aromatic heterocycles. The van der Waals surface area contributed by atoms with Gasteiger partial charge in [-0.1, -0.05) is 12.1 Å². The molecular weight excluding hydrogens is 352 g/mol. The predicted octanol–water partition coefficient (Wildman–Crippen LogP) is 1.81. The van der Waals surface area contributed by atoms with Crippen LogP contribution >= 0.6 is 0 Å². The molecule has 0 aliphatic heterocycles. The van der Waals surface area contributed by atoms with Crippen LogP contribution in [0.15, 0.2) is 47.4 Å². The predicted molar refractivity (Wildman–Crippen MR) is 96.3 cm³/mol. The van der Waals surface area contributed by atoms with Gasteiger partial charge >= 0.3 is 5.97 Å². The second-order valence-corrected chi connectivity index (χ2v) is 5.85. The number of aromatic hydroxyl groups is 2. The number of methoxy groups -OCH3 is 2. The lowest BCUT2D eigenvalue weighted by molar-refractivity contribution is -0.140. The van der Waals surface area contributed by atoms with E-state index in [9.17, 15) is 19.8 Å². The summed E-state index contributed by atoms with van der Waals surface area (Å²) in [6.45, 7) is 0. The molecule has 0 aliphatic rings. The molecule has 140 valence electrons. The van der Waals surface area contributed by atoms with Gasteiger partial charge in [-0.2, -0.15) is 4.98 Å². The number of phenolic OH excluding ortho intramolecular Hbond substituents is 1. The lowest BCUT2D eigenvalue weighted by Gasteiger charge is -2.18. The van der Waals surface area contributed by atoms with Gasteiger partial charge in [-0.3, -0.25) is 14.0 Å². The third-order valence-corrected chi connectivity index (χ3v) is 4.30. The molecule has 27 heavy (non-hydrogen) atoms. The van der Waals surface area contributed by atoms with Gasteiger partial charge in [-0.15, -0.1) is 0 Å². The van der Waals surface area contributed by atoms with E-state index in [1.165, 1.54) is 36.9 Å². The summed E-state index contributed by atoms with van der Waals surface area (Å²) in [5, 5.41) is 20.5. The lowest BCUT2D eigenvalue weighted by Crippen LogP contribution is -2.24. The van der Waals surface area contributed by atoms with E-state index in [-0.39, 0.29) is 29.1 Å². The molecule has 0 fully saturated rings. The maximum Gasteiger partial charge on any atom is 0.306 e.